The molecule has 7 nitrogen and oxygen atoms in total. The summed E-state index contributed by atoms with van der Waals surface area (Å²) in [5, 5.41) is 8.90. The lowest BCUT2D eigenvalue weighted by atomic mass is 10.2. The highest BCUT2D eigenvalue weighted by atomic mass is 35.5. The van der Waals surface area contributed by atoms with Crippen LogP contribution in [0.25, 0.3) is 21.1 Å². The molecule has 4 heterocycles. The number of ether oxygens (including phenoxy) is 1. The lowest BCUT2D eigenvalue weighted by molar-refractivity contribution is 0.122. The van der Waals surface area contributed by atoms with Crippen molar-refractivity contribution in [3.63, 3.8) is 0 Å². The number of nitrogens with zero attached hydrogens (tertiary/aromatic N) is 5. The fourth-order valence-electron chi connectivity index (χ4n) is 4.39. The maximum atomic E-state index is 6.43. The fraction of sp³-hybridized carbons (Fsp3) is 0.192. The van der Waals surface area contributed by atoms with E-state index < -0.39 is 0 Å². The number of para-hydroxylation sites is 1. The molecule has 0 aliphatic carbocycles. The molecule has 2 aromatic carbocycles. The van der Waals surface area contributed by atoms with E-state index in [-0.39, 0.29) is 0 Å². The van der Waals surface area contributed by atoms with Crippen molar-refractivity contribution in [2.24, 2.45) is 5.10 Å². The van der Waals surface area contributed by atoms with E-state index in [9.17, 15) is 0 Å². The molecule has 3 aromatic heterocycles. The first-order valence-corrected chi connectivity index (χ1v) is 13.2. The van der Waals surface area contributed by atoms with Crippen LogP contribution in [0.5, 0.6) is 0 Å². The van der Waals surface area contributed by atoms with Crippen molar-refractivity contribution in [1.82, 2.24) is 14.5 Å². The van der Waals surface area contributed by atoms with Gasteiger partial charge in [-0.3, -0.25) is 0 Å². The number of morpholine rings is 1. The van der Waals surface area contributed by atoms with Gasteiger partial charge in [0.1, 0.15) is 0 Å². The molecular weight excluding hydrogens is 515 g/mol. The topological polar surface area (TPSA) is 67.6 Å². The molecule has 1 fully saturated rings. The number of halogens is 2. The zero-order valence-corrected chi connectivity index (χ0v) is 21.5. The molecule has 6 rings (SSSR count). The lowest BCUT2D eigenvalue weighted by Gasteiger charge is -2.28. The summed E-state index contributed by atoms with van der Waals surface area (Å²) in [7, 11) is 0. The van der Waals surface area contributed by atoms with Crippen LogP contribution in [0.1, 0.15) is 11.1 Å². The predicted molar refractivity (Wildman–Crippen MR) is 149 cm³/mol. The van der Waals surface area contributed by atoms with Gasteiger partial charge in [0.15, 0.2) is 5.82 Å². The number of hydrazone groups is 1. The van der Waals surface area contributed by atoms with Crippen molar-refractivity contribution in [1.29, 1.82) is 0 Å². The Morgan fingerprint density at radius 1 is 1.08 bits per heavy atom. The molecule has 1 aliphatic heterocycles. The second-order valence-electron chi connectivity index (χ2n) is 8.44. The first-order chi connectivity index (χ1) is 17.7. The second kappa shape index (κ2) is 10.1. The van der Waals surface area contributed by atoms with Crippen LogP contribution in [0.15, 0.2) is 65.2 Å². The van der Waals surface area contributed by atoms with E-state index in [1.165, 1.54) is 0 Å². The minimum atomic E-state index is 0.468. The molecule has 1 aliphatic rings. The summed E-state index contributed by atoms with van der Waals surface area (Å²) in [6.07, 6.45) is 3.88. The zero-order valence-electron chi connectivity index (χ0n) is 19.2. The Hall–Kier alpha value is -3.17. The summed E-state index contributed by atoms with van der Waals surface area (Å²) in [6, 6.07) is 15.8. The summed E-state index contributed by atoms with van der Waals surface area (Å²) in [5.74, 6) is 1.39. The molecule has 1 N–H and O–H groups in total. The molecule has 0 spiro atoms. The van der Waals surface area contributed by atoms with Crippen LogP contribution in [0.4, 0.5) is 11.8 Å². The highest BCUT2D eigenvalue weighted by molar-refractivity contribution is 7.17. The average Bonchev–Trinajstić information content (AvgIpc) is 3.51. The third kappa shape index (κ3) is 4.65. The van der Waals surface area contributed by atoms with Crippen LogP contribution >= 0.6 is 34.5 Å². The minimum absolute atomic E-state index is 0.468. The maximum Gasteiger partial charge on any atom is 0.246 e. The summed E-state index contributed by atoms with van der Waals surface area (Å²) in [6.45, 7) is 3.64. The van der Waals surface area contributed by atoms with Gasteiger partial charge in [-0.2, -0.15) is 10.1 Å². The highest BCUT2D eigenvalue weighted by Gasteiger charge is 2.18. The largest absolute Gasteiger partial charge is 0.378 e. The number of hydrogen-bond acceptors (Lipinski definition) is 7. The van der Waals surface area contributed by atoms with Gasteiger partial charge in [-0.15, -0.1) is 11.3 Å². The van der Waals surface area contributed by atoms with Crippen LogP contribution in [-0.4, -0.2) is 47.1 Å². The standard InChI is InChI=1S/C26H22Cl2N6OS/c27-19-6-5-17(21(28)13-19)15-34-16-18(20-3-1-2-4-23(20)34)14-29-32-26-30-22-7-12-36-24(22)25(31-26)33-8-10-35-11-9-33/h1-7,12-14,16H,8-11,15H2,(H,30,31,32)/b29-14+. The van der Waals surface area contributed by atoms with Gasteiger partial charge in [-0.05, 0) is 35.2 Å². The van der Waals surface area contributed by atoms with Crippen LogP contribution in [0.3, 0.4) is 0 Å². The summed E-state index contributed by atoms with van der Waals surface area (Å²) in [5.41, 5.74) is 7.02. The molecule has 1 saturated heterocycles. The Morgan fingerprint density at radius 2 is 1.94 bits per heavy atom. The molecule has 0 radical (unpaired) electrons. The Kier molecular flexibility index (Phi) is 6.50. The monoisotopic (exact) mass is 536 g/mol. The maximum absolute atomic E-state index is 6.43. The zero-order chi connectivity index (χ0) is 24.5. The van der Waals surface area contributed by atoms with E-state index in [2.05, 4.69) is 43.3 Å². The van der Waals surface area contributed by atoms with Crippen LogP contribution < -0.4 is 10.3 Å². The van der Waals surface area contributed by atoms with Crippen molar-refractivity contribution >= 4 is 73.6 Å². The van der Waals surface area contributed by atoms with Gasteiger partial charge >= 0.3 is 0 Å². The summed E-state index contributed by atoms with van der Waals surface area (Å²) >= 11 is 14.2. The highest BCUT2D eigenvalue weighted by Crippen LogP contribution is 2.31. The Bertz CT molecular complexity index is 1570. The number of fused-ring (bicyclic) bond motifs is 2. The SMILES string of the molecule is Clc1ccc(Cn2cc(/C=N/Nc3nc(N4CCOCC4)c4sccc4n3)c3ccccc32)c(Cl)c1. The molecule has 36 heavy (non-hydrogen) atoms. The fourth-order valence-corrected chi connectivity index (χ4v) is 5.71. The van der Waals surface area contributed by atoms with Gasteiger partial charge in [0.2, 0.25) is 5.95 Å². The lowest BCUT2D eigenvalue weighted by Crippen LogP contribution is -2.36. The Morgan fingerprint density at radius 3 is 2.81 bits per heavy atom. The number of nitrogens with one attached hydrogen (secondary N) is 1. The number of aromatic nitrogens is 3. The van der Waals surface area contributed by atoms with Gasteiger partial charge in [-0.1, -0.05) is 47.5 Å². The molecule has 0 bridgehead atoms. The van der Waals surface area contributed by atoms with E-state index in [4.69, 9.17) is 32.9 Å². The number of anilines is 2. The van der Waals surface area contributed by atoms with Gasteiger partial charge in [-0.25, -0.2) is 10.4 Å². The van der Waals surface area contributed by atoms with Crippen molar-refractivity contribution in [2.75, 3.05) is 36.6 Å². The van der Waals surface area contributed by atoms with Crippen molar-refractivity contribution in [2.45, 2.75) is 6.54 Å². The number of benzene rings is 2. The minimum Gasteiger partial charge on any atom is -0.378 e. The number of hydrogen-bond donors (Lipinski definition) is 1. The third-order valence-corrected chi connectivity index (χ3v) is 7.63. The van der Waals surface area contributed by atoms with Crippen LogP contribution in [0, 0.1) is 0 Å². The van der Waals surface area contributed by atoms with Crippen molar-refractivity contribution in [3.8, 4) is 0 Å². The Labute approximate surface area is 221 Å². The van der Waals surface area contributed by atoms with Crippen molar-refractivity contribution < 1.29 is 4.74 Å². The molecule has 0 amide bonds. The van der Waals surface area contributed by atoms with E-state index in [1.807, 2.05) is 35.7 Å². The second-order valence-corrected chi connectivity index (χ2v) is 10.2. The third-order valence-electron chi connectivity index (χ3n) is 6.14. The molecule has 0 unspecified atom stereocenters. The molecule has 0 atom stereocenters. The normalized spacial score (nSPS) is 14.3. The van der Waals surface area contributed by atoms with E-state index >= 15 is 0 Å². The molecule has 5 aromatic rings. The van der Waals surface area contributed by atoms with Gasteiger partial charge in [0, 0.05) is 52.3 Å². The number of rotatable bonds is 6. The van der Waals surface area contributed by atoms with Gasteiger partial charge in [0.05, 0.1) is 29.6 Å². The summed E-state index contributed by atoms with van der Waals surface area (Å²) < 4.78 is 8.75. The molecule has 182 valence electrons. The molecule has 0 saturated carbocycles. The van der Waals surface area contributed by atoms with E-state index in [1.54, 1.807) is 23.6 Å². The molecule has 10 heteroatoms. The van der Waals surface area contributed by atoms with E-state index in [0.29, 0.717) is 35.8 Å². The van der Waals surface area contributed by atoms with Gasteiger partial charge in [0.25, 0.3) is 0 Å². The first kappa shape index (κ1) is 23.2. The first-order valence-electron chi connectivity index (χ1n) is 11.5. The summed E-state index contributed by atoms with van der Waals surface area (Å²) in [4.78, 5) is 11.7. The van der Waals surface area contributed by atoms with Crippen LogP contribution in [-0.2, 0) is 11.3 Å². The molecular formula is C26H22Cl2N6OS. The van der Waals surface area contributed by atoms with Gasteiger partial charge < -0.3 is 14.2 Å². The Balaban J connectivity index is 1.28. The quantitative estimate of drug-likeness (QED) is 0.204. The number of thiophene rings is 1. The van der Waals surface area contributed by atoms with E-state index in [0.717, 1.165) is 51.2 Å². The average molecular weight is 537 g/mol. The van der Waals surface area contributed by atoms with Crippen LogP contribution in [0.2, 0.25) is 10.0 Å². The predicted octanol–water partition coefficient (Wildman–Crippen LogP) is 6.28. The van der Waals surface area contributed by atoms with Crippen molar-refractivity contribution in [3.05, 3.63) is 81.3 Å². The smallest absolute Gasteiger partial charge is 0.246 e.